The third kappa shape index (κ3) is 2.91. The van der Waals surface area contributed by atoms with Crippen LogP contribution in [0.15, 0.2) is 24.4 Å². The van der Waals surface area contributed by atoms with Gasteiger partial charge in [-0.3, -0.25) is 9.88 Å². The van der Waals surface area contributed by atoms with Gasteiger partial charge in [0.05, 0.1) is 5.69 Å². The van der Waals surface area contributed by atoms with Crippen LogP contribution < -0.4 is 0 Å². The van der Waals surface area contributed by atoms with Crippen LogP contribution in [0.4, 0.5) is 0 Å². The lowest BCUT2D eigenvalue weighted by Gasteiger charge is -2.11. The van der Waals surface area contributed by atoms with Crippen LogP contribution in [0.5, 0.6) is 0 Å². The Labute approximate surface area is 72.7 Å². The third-order valence-corrected chi connectivity index (χ3v) is 1.88. The summed E-state index contributed by atoms with van der Waals surface area (Å²) in [5, 5.41) is 0. The molecule has 2 nitrogen and oxygen atoms in total. The second-order valence-corrected chi connectivity index (χ2v) is 2.76. The summed E-state index contributed by atoms with van der Waals surface area (Å²) < 4.78 is 0. The SMILES string of the molecule is CN(CS)Cc1ccccn1. The molecule has 0 amide bonds. The first-order valence-electron chi connectivity index (χ1n) is 3.52. The quantitative estimate of drug-likeness (QED) is 0.542. The van der Waals surface area contributed by atoms with Gasteiger partial charge in [0.25, 0.3) is 0 Å². The van der Waals surface area contributed by atoms with Crippen molar-refractivity contribution in [3.05, 3.63) is 30.1 Å². The average Bonchev–Trinajstić information content (AvgIpc) is 2.06. The summed E-state index contributed by atoms with van der Waals surface area (Å²) in [6, 6.07) is 5.93. The van der Waals surface area contributed by atoms with E-state index < -0.39 is 0 Å². The molecule has 11 heavy (non-hydrogen) atoms. The lowest BCUT2D eigenvalue weighted by Crippen LogP contribution is -2.15. The molecule has 1 aromatic rings. The Morgan fingerprint density at radius 2 is 2.36 bits per heavy atom. The summed E-state index contributed by atoms with van der Waals surface area (Å²) in [5.41, 5.74) is 1.09. The van der Waals surface area contributed by atoms with Gasteiger partial charge in [0.1, 0.15) is 0 Å². The minimum absolute atomic E-state index is 0.760. The molecule has 0 aliphatic carbocycles. The van der Waals surface area contributed by atoms with E-state index in [0.29, 0.717) is 0 Å². The van der Waals surface area contributed by atoms with E-state index in [4.69, 9.17) is 0 Å². The molecule has 0 fully saturated rings. The van der Waals surface area contributed by atoms with Gasteiger partial charge in [0.2, 0.25) is 0 Å². The second kappa shape index (κ2) is 4.36. The summed E-state index contributed by atoms with van der Waals surface area (Å²) >= 11 is 4.14. The molecule has 0 unspecified atom stereocenters. The molecule has 0 atom stereocenters. The number of nitrogens with zero attached hydrogens (tertiary/aromatic N) is 2. The van der Waals surface area contributed by atoms with Crippen molar-refractivity contribution in [3.8, 4) is 0 Å². The second-order valence-electron chi connectivity index (χ2n) is 2.48. The van der Waals surface area contributed by atoms with Crippen molar-refractivity contribution >= 4 is 12.6 Å². The highest BCUT2D eigenvalue weighted by Gasteiger charge is 1.96. The fraction of sp³-hybridized carbons (Fsp3) is 0.375. The van der Waals surface area contributed by atoms with Crippen LogP contribution in [0.3, 0.4) is 0 Å². The first kappa shape index (κ1) is 8.56. The topological polar surface area (TPSA) is 16.1 Å². The van der Waals surface area contributed by atoms with Crippen LogP contribution in [-0.4, -0.2) is 22.8 Å². The Balaban J connectivity index is 2.51. The summed E-state index contributed by atoms with van der Waals surface area (Å²) in [7, 11) is 2.02. The number of thiol groups is 1. The zero-order chi connectivity index (χ0) is 8.10. The molecule has 1 rings (SSSR count). The van der Waals surface area contributed by atoms with E-state index in [-0.39, 0.29) is 0 Å². The van der Waals surface area contributed by atoms with Crippen LogP contribution in [0.25, 0.3) is 0 Å². The molecule has 0 aliphatic rings. The number of hydrogen-bond donors (Lipinski definition) is 1. The van der Waals surface area contributed by atoms with Crippen molar-refractivity contribution < 1.29 is 0 Å². The lowest BCUT2D eigenvalue weighted by atomic mass is 10.3. The van der Waals surface area contributed by atoms with E-state index in [9.17, 15) is 0 Å². The molecular weight excluding hydrogens is 156 g/mol. The first-order chi connectivity index (χ1) is 5.33. The fourth-order valence-corrected chi connectivity index (χ4v) is 0.918. The van der Waals surface area contributed by atoms with E-state index in [0.717, 1.165) is 18.1 Å². The zero-order valence-electron chi connectivity index (χ0n) is 6.57. The van der Waals surface area contributed by atoms with E-state index in [1.807, 2.05) is 31.4 Å². The Bertz CT molecular complexity index is 201. The molecule has 0 radical (unpaired) electrons. The predicted molar refractivity (Wildman–Crippen MR) is 49.6 cm³/mol. The normalized spacial score (nSPS) is 10.5. The van der Waals surface area contributed by atoms with Gasteiger partial charge in [-0.05, 0) is 19.2 Å². The van der Waals surface area contributed by atoms with Gasteiger partial charge < -0.3 is 0 Å². The van der Waals surface area contributed by atoms with Crippen molar-refractivity contribution in [1.82, 2.24) is 9.88 Å². The largest absolute Gasteiger partial charge is 0.292 e. The van der Waals surface area contributed by atoms with Crippen LogP contribution in [0, 0.1) is 0 Å². The fourth-order valence-electron chi connectivity index (χ4n) is 0.818. The Morgan fingerprint density at radius 3 is 2.91 bits per heavy atom. The van der Waals surface area contributed by atoms with Crippen molar-refractivity contribution in [2.75, 3.05) is 12.9 Å². The van der Waals surface area contributed by atoms with Crippen molar-refractivity contribution in [2.45, 2.75) is 6.54 Å². The number of aromatic nitrogens is 1. The summed E-state index contributed by atoms with van der Waals surface area (Å²) in [5.74, 6) is 0.760. The molecule has 0 spiro atoms. The maximum Gasteiger partial charge on any atom is 0.0544 e. The molecule has 1 aromatic heterocycles. The van der Waals surface area contributed by atoms with E-state index >= 15 is 0 Å². The maximum atomic E-state index is 4.19. The Morgan fingerprint density at radius 1 is 1.55 bits per heavy atom. The Kier molecular flexibility index (Phi) is 3.39. The molecule has 0 saturated heterocycles. The van der Waals surface area contributed by atoms with Crippen molar-refractivity contribution in [1.29, 1.82) is 0 Å². The summed E-state index contributed by atoms with van der Waals surface area (Å²) in [6.45, 7) is 0.865. The molecule has 0 aromatic carbocycles. The molecule has 0 bridgehead atoms. The zero-order valence-corrected chi connectivity index (χ0v) is 7.46. The lowest BCUT2D eigenvalue weighted by molar-refractivity contribution is 0.382. The number of hydrogen-bond acceptors (Lipinski definition) is 3. The van der Waals surface area contributed by atoms with E-state index in [1.54, 1.807) is 0 Å². The molecular formula is C8H12N2S. The van der Waals surface area contributed by atoms with Gasteiger partial charge in [-0.1, -0.05) is 6.07 Å². The first-order valence-corrected chi connectivity index (χ1v) is 4.15. The molecule has 60 valence electrons. The molecule has 0 N–H and O–H groups in total. The van der Waals surface area contributed by atoms with Crippen LogP contribution in [0.1, 0.15) is 5.69 Å². The molecule has 3 heteroatoms. The minimum atomic E-state index is 0.760. The smallest absolute Gasteiger partial charge is 0.0544 e. The maximum absolute atomic E-state index is 4.19. The highest BCUT2D eigenvalue weighted by molar-refractivity contribution is 7.80. The minimum Gasteiger partial charge on any atom is -0.292 e. The van der Waals surface area contributed by atoms with Crippen LogP contribution >= 0.6 is 12.6 Å². The van der Waals surface area contributed by atoms with E-state index in [1.165, 1.54) is 0 Å². The van der Waals surface area contributed by atoms with Gasteiger partial charge in [-0.15, -0.1) is 0 Å². The third-order valence-electron chi connectivity index (χ3n) is 1.40. The average molecular weight is 168 g/mol. The molecule has 0 saturated carbocycles. The number of pyridine rings is 1. The van der Waals surface area contributed by atoms with Gasteiger partial charge >= 0.3 is 0 Å². The highest BCUT2D eigenvalue weighted by atomic mass is 32.1. The van der Waals surface area contributed by atoms with Gasteiger partial charge in [-0.25, -0.2) is 0 Å². The number of rotatable bonds is 3. The molecule has 1 heterocycles. The van der Waals surface area contributed by atoms with E-state index in [2.05, 4.69) is 22.5 Å². The van der Waals surface area contributed by atoms with Crippen LogP contribution in [-0.2, 0) is 6.54 Å². The predicted octanol–water partition coefficient (Wildman–Crippen LogP) is 1.40. The van der Waals surface area contributed by atoms with Gasteiger partial charge in [-0.2, -0.15) is 12.6 Å². The monoisotopic (exact) mass is 168 g/mol. The molecule has 0 aliphatic heterocycles. The summed E-state index contributed by atoms with van der Waals surface area (Å²) in [6.07, 6.45) is 1.81. The van der Waals surface area contributed by atoms with Gasteiger partial charge in [0, 0.05) is 18.6 Å². The van der Waals surface area contributed by atoms with Gasteiger partial charge in [0.15, 0.2) is 0 Å². The standard InChI is InChI=1S/C8H12N2S/c1-10(7-11)6-8-4-2-3-5-9-8/h2-5,11H,6-7H2,1H3. The van der Waals surface area contributed by atoms with Crippen LogP contribution in [0.2, 0.25) is 0 Å². The highest BCUT2D eigenvalue weighted by Crippen LogP contribution is 1.98. The Hall–Kier alpha value is -0.540. The van der Waals surface area contributed by atoms with Crippen molar-refractivity contribution in [2.24, 2.45) is 0 Å². The summed E-state index contributed by atoms with van der Waals surface area (Å²) in [4.78, 5) is 6.28. The van der Waals surface area contributed by atoms with Crippen molar-refractivity contribution in [3.63, 3.8) is 0 Å².